The van der Waals surface area contributed by atoms with Gasteiger partial charge in [0, 0.05) is 5.75 Å². The van der Waals surface area contributed by atoms with E-state index < -0.39 is 0 Å². The maximum Gasteiger partial charge on any atom is 0.123 e. The van der Waals surface area contributed by atoms with Crippen LogP contribution in [0.4, 0.5) is 0 Å². The zero-order chi connectivity index (χ0) is 9.56. The summed E-state index contributed by atoms with van der Waals surface area (Å²) >= 11 is 3.20. The molecule has 68 valence electrons. The predicted molar refractivity (Wildman–Crippen MR) is 64.0 cm³/mol. The lowest BCUT2D eigenvalue weighted by molar-refractivity contribution is 0.432. The van der Waals surface area contributed by atoms with Crippen LogP contribution in [0, 0.1) is 11.8 Å². The first-order valence-corrected chi connectivity index (χ1v) is 6.53. The van der Waals surface area contributed by atoms with E-state index in [0.29, 0.717) is 16.2 Å². The zero-order valence-electron chi connectivity index (χ0n) is 7.39. The fraction of sp³-hybridized carbons (Fsp3) is 0.750. The summed E-state index contributed by atoms with van der Waals surface area (Å²) in [6.07, 6.45) is 2.99. The molecule has 0 N–H and O–H groups in total. The molecule has 0 aliphatic heterocycles. The van der Waals surface area contributed by atoms with Gasteiger partial charge in [0.05, 0.1) is 0 Å². The van der Waals surface area contributed by atoms with Crippen LogP contribution in [0.25, 0.3) is 0 Å². The van der Waals surface area contributed by atoms with E-state index in [-0.39, 0.29) is 0 Å². The van der Waals surface area contributed by atoms with Crippen molar-refractivity contribution in [1.82, 2.24) is 0 Å². The third-order valence-corrected chi connectivity index (χ3v) is 3.09. The Morgan fingerprint density at radius 2 is 2.25 bits per heavy atom. The molecule has 0 heterocycles. The van der Waals surface area contributed by atoms with Gasteiger partial charge in [-0.15, -0.1) is 0 Å². The molecular weight excluding hydrogens is 254 g/mol. The van der Waals surface area contributed by atoms with Gasteiger partial charge in [0.2, 0.25) is 0 Å². The molecule has 0 aromatic heterocycles. The summed E-state index contributed by atoms with van der Waals surface area (Å²) in [4.78, 5) is 0. The van der Waals surface area contributed by atoms with Crippen LogP contribution in [0.15, 0.2) is 10.5 Å². The molecule has 2 radical (unpaired) electrons. The molecule has 12 heavy (non-hydrogen) atoms. The van der Waals surface area contributed by atoms with Crippen LogP contribution in [0.1, 0.15) is 20.3 Å². The summed E-state index contributed by atoms with van der Waals surface area (Å²) in [6, 6.07) is 0. The minimum Gasteiger partial charge on any atom is -0.0846 e. The lowest BCUT2D eigenvalue weighted by Crippen LogP contribution is -2.09. The summed E-state index contributed by atoms with van der Waals surface area (Å²) in [5, 5.41) is 0. The van der Waals surface area contributed by atoms with Crippen molar-refractivity contribution in [2.75, 3.05) is 5.75 Å². The Morgan fingerprint density at radius 1 is 1.67 bits per heavy atom. The van der Waals surface area contributed by atoms with E-state index >= 15 is 0 Å². The topological polar surface area (TPSA) is 0 Å². The molecule has 0 saturated heterocycles. The fourth-order valence-electron chi connectivity index (χ4n) is 0.878. The van der Waals surface area contributed by atoms with Crippen LogP contribution < -0.4 is 0 Å². The molecule has 0 nitrogen and oxygen atoms in total. The summed E-state index contributed by atoms with van der Waals surface area (Å²) < 4.78 is 0.715. The van der Waals surface area contributed by atoms with Crippen molar-refractivity contribution in [2.45, 2.75) is 20.3 Å². The molecule has 0 aromatic carbocycles. The van der Waals surface area contributed by atoms with Crippen molar-refractivity contribution in [3.8, 4) is 0 Å². The Labute approximate surface area is 93.6 Å². The average Bonchev–Trinajstić information content (AvgIpc) is 1.96. The first-order valence-electron chi connectivity index (χ1n) is 3.92. The molecular formula is C8H13BBrClS. The normalized spacial score (nSPS) is 15.2. The number of hydrogen-bond donors (Lipinski definition) is 0. The minimum atomic E-state index is 0.614. The van der Waals surface area contributed by atoms with Gasteiger partial charge in [-0.1, -0.05) is 51.2 Å². The van der Waals surface area contributed by atoms with Gasteiger partial charge in [0.15, 0.2) is 0 Å². The first-order chi connectivity index (χ1) is 5.57. The maximum atomic E-state index is 5.61. The second-order valence-electron chi connectivity index (χ2n) is 3.10. The summed E-state index contributed by atoms with van der Waals surface area (Å²) in [7, 11) is 12.5. The average molecular weight is 267 g/mol. The molecule has 0 rings (SSSR count). The standard InChI is InChI=1S/C8H13BBrClS/c1-6(2)7(5-12-11)3-4-8(9)10/h4,6-7H,3,5H2,1-2H3/b8-4-. The smallest absolute Gasteiger partial charge is 0.0846 e. The van der Waals surface area contributed by atoms with E-state index in [2.05, 4.69) is 29.8 Å². The third-order valence-electron chi connectivity index (χ3n) is 1.84. The van der Waals surface area contributed by atoms with E-state index in [1.807, 2.05) is 6.08 Å². The number of halogens is 2. The number of rotatable bonds is 5. The first kappa shape index (κ1) is 12.9. The van der Waals surface area contributed by atoms with Gasteiger partial charge in [-0.25, -0.2) is 0 Å². The van der Waals surface area contributed by atoms with Gasteiger partial charge >= 0.3 is 0 Å². The Morgan fingerprint density at radius 3 is 2.58 bits per heavy atom. The van der Waals surface area contributed by atoms with Crippen LogP contribution in [-0.2, 0) is 0 Å². The second-order valence-corrected chi connectivity index (χ2v) is 5.23. The van der Waals surface area contributed by atoms with E-state index in [1.165, 1.54) is 11.0 Å². The minimum absolute atomic E-state index is 0.614. The Kier molecular flexibility index (Phi) is 7.91. The Bertz CT molecular complexity index is 146. The maximum absolute atomic E-state index is 5.61. The Hall–Kier alpha value is 0.925. The third kappa shape index (κ3) is 6.44. The van der Waals surface area contributed by atoms with Crippen LogP contribution >= 0.6 is 37.6 Å². The summed E-state index contributed by atoms with van der Waals surface area (Å²) in [5.74, 6) is 2.25. The molecule has 0 spiro atoms. The number of hydrogen-bond acceptors (Lipinski definition) is 1. The monoisotopic (exact) mass is 266 g/mol. The van der Waals surface area contributed by atoms with Crippen molar-refractivity contribution in [3.05, 3.63) is 10.5 Å². The highest BCUT2D eigenvalue weighted by molar-refractivity contribution is 9.12. The highest BCUT2D eigenvalue weighted by Gasteiger charge is 2.11. The highest BCUT2D eigenvalue weighted by atomic mass is 79.9. The van der Waals surface area contributed by atoms with Crippen molar-refractivity contribution in [1.29, 1.82) is 0 Å². The molecule has 0 amide bonds. The van der Waals surface area contributed by atoms with Crippen molar-refractivity contribution in [2.24, 2.45) is 11.8 Å². The van der Waals surface area contributed by atoms with Gasteiger partial charge in [-0.3, -0.25) is 0 Å². The van der Waals surface area contributed by atoms with Gasteiger partial charge in [0.1, 0.15) is 7.85 Å². The van der Waals surface area contributed by atoms with Gasteiger partial charge in [-0.05, 0) is 28.9 Å². The quantitative estimate of drug-likeness (QED) is 0.680. The van der Waals surface area contributed by atoms with E-state index in [1.54, 1.807) is 0 Å². The molecule has 0 aromatic rings. The van der Waals surface area contributed by atoms with Crippen LogP contribution in [-0.4, -0.2) is 13.6 Å². The van der Waals surface area contributed by atoms with Crippen LogP contribution in [0.5, 0.6) is 0 Å². The lowest BCUT2D eigenvalue weighted by atomic mass is 9.93. The van der Waals surface area contributed by atoms with E-state index in [4.69, 9.17) is 18.5 Å². The number of allylic oxidation sites excluding steroid dienone is 1. The molecule has 0 bridgehead atoms. The van der Waals surface area contributed by atoms with Crippen molar-refractivity contribution >= 4 is 45.4 Å². The molecule has 0 aliphatic carbocycles. The van der Waals surface area contributed by atoms with Crippen LogP contribution in [0.3, 0.4) is 0 Å². The largest absolute Gasteiger partial charge is 0.123 e. The lowest BCUT2D eigenvalue weighted by Gasteiger charge is -2.17. The molecule has 1 atom stereocenters. The summed E-state index contributed by atoms with van der Waals surface area (Å²) in [6.45, 7) is 4.41. The van der Waals surface area contributed by atoms with Crippen LogP contribution in [0.2, 0.25) is 0 Å². The molecule has 0 aliphatic rings. The zero-order valence-corrected chi connectivity index (χ0v) is 10.5. The van der Waals surface area contributed by atoms with Gasteiger partial charge in [0.25, 0.3) is 0 Å². The van der Waals surface area contributed by atoms with Gasteiger partial charge in [-0.2, -0.15) is 0 Å². The molecule has 4 heteroatoms. The van der Waals surface area contributed by atoms with Gasteiger partial charge < -0.3 is 0 Å². The molecule has 1 unspecified atom stereocenters. The summed E-state index contributed by atoms with van der Waals surface area (Å²) in [5.41, 5.74) is 0. The van der Waals surface area contributed by atoms with E-state index in [9.17, 15) is 0 Å². The molecule has 0 saturated carbocycles. The highest BCUT2D eigenvalue weighted by Crippen LogP contribution is 2.23. The van der Waals surface area contributed by atoms with E-state index in [0.717, 1.165) is 12.2 Å². The van der Waals surface area contributed by atoms with Crippen molar-refractivity contribution in [3.63, 3.8) is 0 Å². The fourth-order valence-corrected chi connectivity index (χ4v) is 2.23. The molecule has 0 fully saturated rings. The SMILES string of the molecule is [B]/C(Br)=C/CC(CSCl)C(C)C. The van der Waals surface area contributed by atoms with Crippen molar-refractivity contribution < 1.29 is 0 Å². The second kappa shape index (κ2) is 7.34. The Balaban J connectivity index is 3.87. The predicted octanol–water partition coefficient (Wildman–Crippen LogP) is 3.94.